The highest BCUT2D eigenvalue weighted by Crippen LogP contribution is 2.11. The first kappa shape index (κ1) is 17.3. The molecule has 116 valence electrons. The van der Waals surface area contributed by atoms with Gasteiger partial charge in [-0.2, -0.15) is 0 Å². The van der Waals surface area contributed by atoms with Crippen molar-refractivity contribution in [1.82, 2.24) is 10.2 Å². The molecule has 0 bridgehead atoms. The monoisotopic (exact) mass is 311 g/mol. The van der Waals surface area contributed by atoms with Gasteiger partial charge in [0.2, 0.25) is 5.91 Å². The van der Waals surface area contributed by atoms with Crippen LogP contribution in [-0.2, 0) is 4.79 Å². The fourth-order valence-corrected chi connectivity index (χ4v) is 2.38. The standard InChI is InChI=1S/C15H21N3O2.ClH/c16-13-7-3-2-6-12(13)15(20)17-9-8-14(19)18-10-4-1-5-11-18;/h2-3,6-7H,1,4-5,8-11,16H2,(H,17,20);1H. The molecule has 0 spiro atoms. The molecule has 0 atom stereocenters. The fourth-order valence-electron chi connectivity index (χ4n) is 2.38. The number of benzene rings is 1. The van der Waals surface area contributed by atoms with Crippen LogP contribution in [0.4, 0.5) is 5.69 Å². The lowest BCUT2D eigenvalue weighted by Crippen LogP contribution is -2.37. The minimum Gasteiger partial charge on any atom is -0.398 e. The van der Waals surface area contributed by atoms with E-state index in [1.807, 2.05) is 4.90 Å². The molecule has 2 amide bonds. The van der Waals surface area contributed by atoms with Crippen molar-refractivity contribution >= 4 is 29.9 Å². The maximum atomic E-state index is 11.9. The Bertz CT molecular complexity index is 488. The molecule has 1 heterocycles. The Kier molecular flexibility index (Phi) is 7.02. The number of piperidine rings is 1. The molecule has 1 aliphatic heterocycles. The van der Waals surface area contributed by atoms with Gasteiger partial charge in [0.05, 0.1) is 5.56 Å². The van der Waals surface area contributed by atoms with Crippen LogP contribution in [0.5, 0.6) is 0 Å². The molecule has 2 rings (SSSR count). The van der Waals surface area contributed by atoms with Gasteiger partial charge in [-0.15, -0.1) is 12.4 Å². The number of amides is 2. The van der Waals surface area contributed by atoms with Crippen molar-refractivity contribution in [2.75, 3.05) is 25.4 Å². The molecule has 5 nitrogen and oxygen atoms in total. The molecule has 0 aromatic heterocycles. The van der Waals surface area contributed by atoms with Gasteiger partial charge in [-0.25, -0.2) is 0 Å². The second-order valence-corrected chi connectivity index (χ2v) is 5.03. The Morgan fingerprint density at radius 1 is 1.14 bits per heavy atom. The van der Waals surface area contributed by atoms with Crippen LogP contribution in [0.25, 0.3) is 0 Å². The smallest absolute Gasteiger partial charge is 0.253 e. The third-order valence-corrected chi connectivity index (χ3v) is 3.54. The molecule has 0 radical (unpaired) electrons. The number of likely N-dealkylation sites (tertiary alicyclic amines) is 1. The van der Waals surface area contributed by atoms with Crippen molar-refractivity contribution in [2.45, 2.75) is 25.7 Å². The van der Waals surface area contributed by atoms with E-state index in [0.717, 1.165) is 25.9 Å². The average Bonchev–Trinajstić information content (AvgIpc) is 2.48. The molecule has 1 saturated heterocycles. The van der Waals surface area contributed by atoms with E-state index in [9.17, 15) is 9.59 Å². The second-order valence-electron chi connectivity index (χ2n) is 5.03. The van der Waals surface area contributed by atoms with E-state index in [0.29, 0.717) is 24.2 Å². The first-order valence-electron chi connectivity index (χ1n) is 7.09. The second kappa shape index (κ2) is 8.52. The van der Waals surface area contributed by atoms with E-state index in [1.54, 1.807) is 24.3 Å². The normalized spacial score (nSPS) is 14.2. The van der Waals surface area contributed by atoms with E-state index in [4.69, 9.17) is 5.73 Å². The van der Waals surface area contributed by atoms with Crippen LogP contribution in [0.1, 0.15) is 36.0 Å². The minimum atomic E-state index is -0.227. The van der Waals surface area contributed by atoms with Gasteiger partial charge >= 0.3 is 0 Å². The number of nitrogens with one attached hydrogen (secondary N) is 1. The number of para-hydroxylation sites is 1. The lowest BCUT2D eigenvalue weighted by atomic mass is 10.1. The Morgan fingerprint density at radius 3 is 2.48 bits per heavy atom. The van der Waals surface area contributed by atoms with Crippen LogP contribution in [-0.4, -0.2) is 36.3 Å². The maximum Gasteiger partial charge on any atom is 0.253 e. The highest BCUT2D eigenvalue weighted by molar-refractivity contribution is 5.99. The molecule has 3 N–H and O–H groups in total. The van der Waals surface area contributed by atoms with Crippen LogP contribution in [0.3, 0.4) is 0 Å². The quantitative estimate of drug-likeness (QED) is 0.833. The average molecular weight is 312 g/mol. The van der Waals surface area contributed by atoms with Crippen molar-refractivity contribution in [2.24, 2.45) is 0 Å². The van der Waals surface area contributed by atoms with Gasteiger partial charge in [0.15, 0.2) is 0 Å². The first-order chi connectivity index (χ1) is 9.68. The number of hydrogen-bond acceptors (Lipinski definition) is 3. The summed E-state index contributed by atoms with van der Waals surface area (Å²) in [6, 6.07) is 6.92. The number of halogens is 1. The highest BCUT2D eigenvalue weighted by atomic mass is 35.5. The number of carbonyl (C=O) groups excluding carboxylic acids is 2. The summed E-state index contributed by atoms with van der Waals surface area (Å²) >= 11 is 0. The number of rotatable bonds is 4. The van der Waals surface area contributed by atoms with E-state index in [2.05, 4.69) is 5.32 Å². The van der Waals surface area contributed by atoms with Crippen LogP contribution in [0.15, 0.2) is 24.3 Å². The molecule has 0 unspecified atom stereocenters. The molecule has 0 saturated carbocycles. The number of carbonyl (C=O) groups is 2. The van der Waals surface area contributed by atoms with Crippen molar-refractivity contribution in [3.63, 3.8) is 0 Å². The Hall–Kier alpha value is -1.75. The fraction of sp³-hybridized carbons (Fsp3) is 0.467. The summed E-state index contributed by atoms with van der Waals surface area (Å²) in [5, 5.41) is 2.74. The van der Waals surface area contributed by atoms with Gasteiger partial charge < -0.3 is 16.0 Å². The number of nitrogen functional groups attached to an aromatic ring is 1. The molecule has 6 heteroatoms. The van der Waals surface area contributed by atoms with Crippen molar-refractivity contribution < 1.29 is 9.59 Å². The van der Waals surface area contributed by atoms with Gasteiger partial charge in [-0.3, -0.25) is 9.59 Å². The minimum absolute atomic E-state index is 0. The Morgan fingerprint density at radius 2 is 1.81 bits per heavy atom. The van der Waals surface area contributed by atoms with Gasteiger partial charge in [0.25, 0.3) is 5.91 Å². The molecule has 1 fully saturated rings. The molecule has 0 aliphatic carbocycles. The number of anilines is 1. The van der Waals surface area contributed by atoms with E-state index in [-0.39, 0.29) is 24.2 Å². The Balaban J connectivity index is 0.00000220. The van der Waals surface area contributed by atoms with Crippen molar-refractivity contribution in [3.8, 4) is 0 Å². The van der Waals surface area contributed by atoms with Crippen LogP contribution in [0.2, 0.25) is 0 Å². The van der Waals surface area contributed by atoms with Gasteiger partial charge in [0.1, 0.15) is 0 Å². The Labute approximate surface area is 131 Å². The van der Waals surface area contributed by atoms with E-state index in [1.165, 1.54) is 6.42 Å². The predicted molar refractivity (Wildman–Crippen MR) is 85.5 cm³/mol. The van der Waals surface area contributed by atoms with Crippen molar-refractivity contribution in [1.29, 1.82) is 0 Å². The molecule has 1 aromatic rings. The molecular weight excluding hydrogens is 290 g/mol. The number of nitrogens with zero attached hydrogens (tertiary/aromatic N) is 1. The summed E-state index contributed by atoms with van der Waals surface area (Å²) in [6.07, 6.45) is 3.71. The number of hydrogen-bond donors (Lipinski definition) is 2. The summed E-state index contributed by atoms with van der Waals surface area (Å²) in [5.74, 6) is -0.111. The van der Waals surface area contributed by atoms with Gasteiger partial charge in [0, 0.05) is 31.7 Å². The summed E-state index contributed by atoms with van der Waals surface area (Å²) in [6.45, 7) is 2.04. The summed E-state index contributed by atoms with van der Waals surface area (Å²) in [5.41, 5.74) is 6.64. The van der Waals surface area contributed by atoms with Crippen molar-refractivity contribution in [3.05, 3.63) is 29.8 Å². The summed E-state index contributed by atoms with van der Waals surface area (Å²) < 4.78 is 0. The van der Waals surface area contributed by atoms with Crippen LogP contribution < -0.4 is 11.1 Å². The lowest BCUT2D eigenvalue weighted by Gasteiger charge is -2.26. The highest BCUT2D eigenvalue weighted by Gasteiger charge is 2.16. The molecule has 1 aromatic carbocycles. The topological polar surface area (TPSA) is 75.4 Å². The lowest BCUT2D eigenvalue weighted by molar-refractivity contribution is -0.131. The first-order valence-corrected chi connectivity index (χ1v) is 7.09. The van der Waals surface area contributed by atoms with Crippen LogP contribution in [0, 0.1) is 0 Å². The summed E-state index contributed by atoms with van der Waals surface area (Å²) in [4.78, 5) is 25.7. The third kappa shape index (κ3) is 4.93. The van der Waals surface area contributed by atoms with E-state index < -0.39 is 0 Å². The largest absolute Gasteiger partial charge is 0.398 e. The predicted octanol–water partition coefficient (Wildman–Crippen LogP) is 1.82. The third-order valence-electron chi connectivity index (χ3n) is 3.54. The molecular formula is C15H22ClN3O2. The number of nitrogens with two attached hydrogens (primary N) is 1. The van der Waals surface area contributed by atoms with Gasteiger partial charge in [-0.05, 0) is 31.4 Å². The zero-order valence-electron chi connectivity index (χ0n) is 12.0. The zero-order valence-corrected chi connectivity index (χ0v) is 12.8. The SMILES string of the molecule is Cl.Nc1ccccc1C(=O)NCCC(=O)N1CCCCC1. The van der Waals surface area contributed by atoms with E-state index >= 15 is 0 Å². The van der Waals surface area contributed by atoms with Crippen LogP contribution >= 0.6 is 12.4 Å². The molecule has 1 aliphatic rings. The van der Waals surface area contributed by atoms with Gasteiger partial charge in [-0.1, -0.05) is 12.1 Å². The zero-order chi connectivity index (χ0) is 14.4. The molecule has 21 heavy (non-hydrogen) atoms. The summed E-state index contributed by atoms with van der Waals surface area (Å²) in [7, 11) is 0. The maximum absolute atomic E-state index is 11.9.